The van der Waals surface area contributed by atoms with Crippen LogP contribution in [0.15, 0.2) is 53.7 Å². The number of hydrogen-bond donors (Lipinski definition) is 3. The third-order valence-corrected chi connectivity index (χ3v) is 5.58. The first-order chi connectivity index (χ1) is 12.6. The summed E-state index contributed by atoms with van der Waals surface area (Å²) in [7, 11) is 2.11. The molecule has 26 heavy (non-hydrogen) atoms. The molecule has 0 aliphatic heterocycles. The molecule has 3 rings (SSSR count). The molecule has 2 heterocycles. The lowest BCUT2D eigenvalue weighted by Crippen LogP contribution is -2.83. The van der Waals surface area contributed by atoms with Crippen LogP contribution in [0, 0.1) is 0 Å². The van der Waals surface area contributed by atoms with Gasteiger partial charge in [-0.05, 0) is 35.4 Å². The Bertz CT molecular complexity index is 916. The number of hydrazone groups is 1. The number of amidine groups is 1. The molecule has 0 radical (unpaired) electrons. The Morgan fingerprint density at radius 2 is 1.96 bits per heavy atom. The second-order valence-electron chi connectivity index (χ2n) is 5.88. The molecule has 0 unspecified atom stereocenters. The van der Waals surface area contributed by atoms with Crippen LogP contribution in [0.2, 0.25) is 0 Å². The van der Waals surface area contributed by atoms with Crippen LogP contribution in [0.5, 0.6) is 0 Å². The van der Waals surface area contributed by atoms with E-state index in [2.05, 4.69) is 82.3 Å². The molecule has 3 aromatic rings. The van der Waals surface area contributed by atoms with Crippen molar-refractivity contribution >= 4 is 34.3 Å². The van der Waals surface area contributed by atoms with E-state index in [4.69, 9.17) is 5.73 Å². The number of pyridine rings is 1. The first kappa shape index (κ1) is 18.7. The Hall–Kier alpha value is -2.12. The van der Waals surface area contributed by atoms with E-state index in [1.165, 1.54) is 39.1 Å². The Morgan fingerprint density at radius 1 is 1.19 bits per heavy atom. The minimum Gasteiger partial charge on any atom is -0.280 e. The Balaban J connectivity index is 1.81. The van der Waals surface area contributed by atoms with E-state index in [0.29, 0.717) is 11.7 Å². The monoisotopic (exact) mass is 387 g/mol. The van der Waals surface area contributed by atoms with Crippen molar-refractivity contribution in [3.05, 3.63) is 54.4 Å². The maximum atomic E-state index is 5.72. The number of hydrazine groups is 1. The SMILES string of the molecule is CCSc1ccc2n(C)c(-c3ccc(CN[NH+]=C(N)SC)cc3)c[n+]2c1. The number of thioether (sulfide) groups is 2. The van der Waals surface area contributed by atoms with Gasteiger partial charge in [0.25, 0.3) is 5.65 Å². The minimum atomic E-state index is 0.662. The third kappa shape index (κ3) is 4.16. The number of rotatable bonds is 6. The maximum Gasteiger partial charge on any atom is 0.324 e. The number of aryl methyl sites for hydroxylation is 1. The van der Waals surface area contributed by atoms with E-state index in [9.17, 15) is 0 Å². The molecular weight excluding hydrogens is 362 g/mol. The van der Waals surface area contributed by atoms with Crippen LogP contribution in [0.4, 0.5) is 0 Å². The number of nitrogens with two attached hydrogens (primary N) is 1. The summed E-state index contributed by atoms with van der Waals surface area (Å²) in [5.41, 5.74) is 13.6. The van der Waals surface area contributed by atoms with Crippen molar-refractivity contribution in [2.75, 3.05) is 12.0 Å². The highest BCUT2D eigenvalue weighted by molar-refractivity contribution is 8.12. The van der Waals surface area contributed by atoms with E-state index in [-0.39, 0.29) is 0 Å². The quantitative estimate of drug-likeness (QED) is 0.196. The predicted molar refractivity (Wildman–Crippen MR) is 111 cm³/mol. The number of hydrogen-bond acceptors (Lipinski definition) is 3. The van der Waals surface area contributed by atoms with Crippen molar-refractivity contribution in [2.45, 2.75) is 18.4 Å². The van der Waals surface area contributed by atoms with Crippen LogP contribution in [0.1, 0.15) is 12.5 Å². The molecule has 5 nitrogen and oxygen atoms in total. The van der Waals surface area contributed by atoms with E-state index >= 15 is 0 Å². The molecule has 0 aliphatic rings. The first-order valence-electron chi connectivity index (χ1n) is 8.50. The van der Waals surface area contributed by atoms with Crippen LogP contribution in [0.3, 0.4) is 0 Å². The van der Waals surface area contributed by atoms with Gasteiger partial charge in [0.1, 0.15) is 12.4 Å². The summed E-state index contributed by atoms with van der Waals surface area (Å²) in [6, 6.07) is 13.0. The molecule has 1 aromatic carbocycles. The molecule has 0 spiro atoms. The molecule has 0 fully saturated rings. The van der Waals surface area contributed by atoms with Crippen molar-refractivity contribution in [1.82, 2.24) is 9.99 Å². The Labute approximate surface area is 162 Å². The van der Waals surface area contributed by atoms with Gasteiger partial charge in [0, 0.05) is 16.5 Å². The summed E-state index contributed by atoms with van der Waals surface area (Å²) in [6.07, 6.45) is 6.33. The smallest absolute Gasteiger partial charge is 0.280 e. The van der Waals surface area contributed by atoms with Gasteiger partial charge in [0.05, 0.1) is 13.6 Å². The molecular formula is C19H25N5S2+2. The number of fused-ring (bicyclic) bond motifs is 1. The number of aromatic nitrogens is 2. The standard InChI is InChI=1S/C19H24N5S2/c1-4-26-16-9-10-18-23(2)17(13-24(18)12-16)15-7-5-14(6-8-15)11-21-22-19(20)25-3/h5-10,12-13,21H,4,11H2,1-3H3,(H2,20,22)/q+1/p+1. The lowest BCUT2D eigenvalue weighted by Gasteiger charge is -2.02. The zero-order valence-electron chi connectivity index (χ0n) is 15.3. The van der Waals surface area contributed by atoms with Gasteiger partial charge < -0.3 is 0 Å². The van der Waals surface area contributed by atoms with Gasteiger partial charge in [0.15, 0.2) is 5.69 Å². The highest BCUT2D eigenvalue weighted by Crippen LogP contribution is 2.22. The fraction of sp³-hybridized carbons (Fsp3) is 0.263. The highest BCUT2D eigenvalue weighted by atomic mass is 32.2. The normalized spacial score (nSPS) is 11.9. The van der Waals surface area contributed by atoms with Crippen LogP contribution in [0.25, 0.3) is 16.9 Å². The van der Waals surface area contributed by atoms with Crippen molar-refractivity contribution < 1.29 is 9.50 Å². The number of imidazole rings is 1. The number of nitrogens with one attached hydrogen (secondary N) is 2. The summed E-state index contributed by atoms with van der Waals surface area (Å²) in [5.74, 6) is 1.08. The van der Waals surface area contributed by atoms with Crippen molar-refractivity contribution in [3.63, 3.8) is 0 Å². The molecule has 0 saturated carbocycles. The molecule has 0 amide bonds. The first-order valence-corrected chi connectivity index (χ1v) is 10.7. The second-order valence-corrected chi connectivity index (χ2v) is 8.07. The fourth-order valence-electron chi connectivity index (χ4n) is 2.82. The van der Waals surface area contributed by atoms with E-state index in [0.717, 1.165) is 5.75 Å². The van der Waals surface area contributed by atoms with Crippen LogP contribution >= 0.6 is 23.5 Å². The second kappa shape index (κ2) is 8.51. The molecule has 2 aromatic heterocycles. The van der Waals surface area contributed by atoms with E-state index in [1.54, 1.807) is 0 Å². The molecule has 0 bridgehead atoms. The zero-order chi connectivity index (χ0) is 18.5. The maximum absolute atomic E-state index is 5.72. The van der Waals surface area contributed by atoms with Gasteiger partial charge in [-0.3, -0.25) is 11.2 Å². The highest BCUT2D eigenvalue weighted by Gasteiger charge is 2.16. The van der Waals surface area contributed by atoms with Gasteiger partial charge in [-0.2, -0.15) is 5.10 Å². The minimum absolute atomic E-state index is 0.662. The summed E-state index contributed by atoms with van der Waals surface area (Å²) < 4.78 is 4.43. The van der Waals surface area contributed by atoms with Crippen molar-refractivity contribution in [2.24, 2.45) is 12.8 Å². The van der Waals surface area contributed by atoms with Gasteiger partial charge in [-0.25, -0.2) is 8.97 Å². The zero-order valence-corrected chi connectivity index (χ0v) is 17.0. The number of benzene rings is 1. The Kier molecular flexibility index (Phi) is 6.11. The topological polar surface area (TPSA) is 61.1 Å². The molecule has 4 N–H and O–H groups in total. The molecule has 0 saturated heterocycles. The van der Waals surface area contributed by atoms with Gasteiger partial charge >= 0.3 is 5.17 Å². The molecule has 0 aliphatic carbocycles. The summed E-state index contributed by atoms with van der Waals surface area (Å²) in [4.78, 5) is 1.29. The molecule has 0 atom stereocenters. The van der Waals surface area contributed by atoms with E-state index < -0.39 is 0 Å². The van der Waals surface area contributed by atoms with Crippen LogP contribution in [-0.4, -0.2) is 21.7 Å². The average molecular weight is 388 g/mol. The largest absolute Gasteiger partial charge is 0.324 e. The van der Waals surface area contributed by atoms with Crippen LogP contribution < -0.4 is 20.7 Å². The molecule has 136 valence electrons. The number of nitrogens with zero attached hydrogens (tertiary/aromatic N) is 2. The summed E-state index contributed by atoms with van der Waals surface area (Å²) >= 11 is 3.34. The third-order valence-electron chi connectivity index (χ3n) is 4.18. The lowest BCUT2D eigenvalue weighted by molar-refractivity contribution is -0.527. The summed E-state index contributed by atoms with van der Waals surface area (Å²) in [5, 5.41) is 3.63. The molecule has 7 heteroatoms. The van der Waals surface area contributed by atoms with Gasteiger partial charge in [0.2, 0.25) is 0 Å². The van der Waals surface area contributed by atoms with Gasteiger partial charge in [-0.15, -0.1) is 11.8 Å². The van der Waals surface area contributed by atoms with E-state index in [1.807, 2.05) is 18.0 Å². The Morgan fingerprint density at radius 3 is 2.65 bits per heavy atom. The van der Waals surface area contributed by atoms with Crippen LogP contribution in [-0.2, 0) is 13.6 Å². The predicted octanol–water partition coefficient (Wildman–Crippen LogP) is 1.31. The average Bonchev–Trinajstić information content (AvgIpc) is 2.98. The van der Waals surface area contributed by atoms with Crippen molar-refractivity contribution in [1.29, 1.82) is 0 Å². The van der Waals surface area contributed by atoms with Gasteiger partial charge in [-0.1, -0.05) is 31.2 Å². The lowest BCUT2D eigenvalue weighted by atomic mass is 10.1. The van der Waals surface area contributed by atoms with Crippen molar-refractivity contribution in [3.8, 4) is 11.3 Å². The summed E-state index contributed by atoms with van der Waals surface area (Å²) in [6.45, 7) is 2.89. The fourth-order valence-corrected chi connectivity index (χ4v) is 3.68.